The van der Waals surface area contributed by atoms with Crippen molar-refractivity contribution in [3.63, 3.8) is 0 Å². The third-order valence-electron chi connectivity index (χ3n) is 4.80. The van der Waals surface area contributed by atoms with Crippen LogP contribution in [0.5, 0.6) is 0 Å². The van der Waals surface area contributed by atoms with Crippen molar-refractivity contribution in [2.75, 3.05) is 43.3 Å². The topological polar surface area (TPSA) is 82.9 Å². The van der Waals surface area contributed by atoms with E-state index in [0.717, 1.165) is 16.9 Å². The summed E-state index contributed by atoms with van der Waals surface area (Å²) in [5.41, 5.74) is 3.15. The molecule has 28 heavy (non-hydrogen) atoms. The molecule has 146 valence electrons. The highest BCUT2D eigenvalue weighted by Gasteiger charge is 2.30. The van der Waals surface area contributed by atoms with Crippen molar-refractivity contribution in [1.82, 2.24) is 0 Å². The number of hydrogen-bond acceptors (Lipinski definition) is 5. The van der Waals surface area contributed by atoms with Gasteiger partial charge in [0.2, 0.25) is 0 Å². The number of aryl methyl sites for hydroxylation is 1. The molecule has 0 atom stereocenters. The van der Waals surface area contributed by atoms with Gasteiger partial charge in [0.15, 0.2) is 0 Å². The average Bonchev–Trinajstić information content (AvgIpc) is 3.13. The van der Waals surface area contributed by atoms with Gasteiger partial charge in [0.25, 0.3) is 0 Å². The van der Waals surface area contributed by atoms with E-state index in [1.54, 1.807) is 34.1 Å². The monoisotopic (exact) mass is 399 g/mol. The number of nitriles is 1. The second kappa shape index (κ2) is 8.57. The Labute approximate surface area is 164 Å². The molecule has 8 heteroatoms. The second-order valence-electron chi connectivity index (χ2n) is 6.36. The number of carbonyl (C=O) groups is 1. The first kappa shape index (κ1) is 20.1. The third-order valence-corrected chi connectivity index (χ3v) is 6.68. The zero-order valence-electron chi connectivity index (χ0n) is 15.9. The maximum absolute atomic E-state index is 12.8. The lowest BCUT2D eigenvalue weighted by atomic mass is 10.1. The highest BCUT2D eigenvalue weighted by Crippen LogP contribution is 2.46. The van der Waals surface area contributed by atoms with Crippen LogP contribution in [0.1, 0.15) is 11.1 Å². The third kappa shape index (κ3) is 4.26. The van der Waals surface area contributed by atoms with Crippen molar-refractivity contribution in [3.05, 3.63) is 59.7 Å². The maximum atomic E-state index is 12.8. The molecule has 0 unspecified atom stereocenters. The van der Waals surface area contributed by atoms with Crippen LogP contribution in [0.4, 0.5) is 16.2 Å². The van der Waals surface area contributed by atoms with Crippen LogP contribution in [0.15, 0.2) is 48.5 Å². The number of carbonyl (C=O) groups excluding carboxylic acids is 1. The first-order chi connectivity index (χ1) is 13.5. The van der Waals surface area contributed by atoms with Gasteiger partial charge in [-0.3, -0.25) is 14.4 Å². The van der Waals surface area contributed by atoms with E-state index < -0.39 is 7.60 Å². The molecule has 0 aromatic heterocycles. The first-order valence-corrected chi connectivity index (χ1v) is 10.6. The summed E-state index contributed by atoms with van der Waals surface area (Å²) in [4.78, 5) is 16.2. The minimum absolute atomic E-state index is 0.0966. The molecule has 0 saturated carbocycles. The van der Waals surface area contributed by atoms with Crippen LogP contribution in [0.25, 0.3) is 0 Å². The average molecular weight is 399 g/mol. The number of nitrogens with zero attached hydrogens (tertiary/aromatic N) is 3. The summed E-state index contributed by atoms with van der Waals surface area (Å²) < 4.78 is 22.0. The lowest BCUT2D eigenvalue weighted by Crippen LogP contribution is -2.31. The van der Waals surface area contributed by atoms with Crippen molar-refractivity contribution in [3.8, 4) is 6.07 Å². The molecule has 7 nitrogen and oxygen atoms in total. The summed E-state index contributed by atoms with van der Waals surface area (Å²) in [6.07, 6.45) is 0.860. The summed E-state index contributed by atoms with van der Waals surface area (Å²) >= 11 is 0. The zero-order valence-corrected chi connectivity index (χ0v) is 16.8. The van der Waals surface area contributed by atoms with Crippen LogP contribution in [-0.2, 0) is 20.0 Å². The van der Waals surface area contributed by atoms with Gasteiger partial charge in [-0.1, -0.05) is 12.1 Å². The fraction of sp³-hybridized carbons (Fsp3) is 0.300. The summed E-state index contributed by atoms with van der Waals surface area (Å²) in [6.45, 7) is 1.16. The Hall–Kier alpha value is -2.65. The number of rotatable bonds is 7. The van der Waals surface area contributed by atoms with Crippen LogP contribution in [0.3, 0.4) is 0 Å². The number of amides is 2. The zero-order chi connectivity index (χ0) is 20.1. The molecular formula is C20H22N3O4P. The van der Waals surface area contributed by atoms with E-state index in [1.807, 2.05) is 24.3 Å². The molecule has 1 heterocycles. The summed E-state index contributed by atoms with van der Waals surface area (Å²) in [6, 6.07) is 16.6. The Kier molecular flexibility index (Phi) is 6.15. The number of urea groups is 1. The highest BCUT2D eigenvalue weighted by molar-refractivity contribution is 7.53. The van der Waals surface area contributed by atoms with Crippen molar-refractivity contribution in [2.24, 2.45) is 0 Å². The van der Waals surface area contributed by atoms with Gasteiger partial charge in [0.05, 0.1) is 17.8 Å². The predicted octanol–water partition coefficient (Wildman–Crippen LogP) is 4.03. The molecular weight excluding hydrogens is 377 g/mol. The standard InChI is InChI=1S/C20H22N3O4P/c1-26-28(25,27-2)14-11-16-3-7-18(8-4-16)22-12-13-23(20(22)24)19-9-5-17(15-21)6-10-19/h3-10H,11-14H2,1-2H3. The van der Waals surface area contributed by atoms with Crippen molar-refractivity contribution >= 4 is 25.0 Å². The summed E-state index contributed by atoms with van der Waals surface area (Å²) in [5, 5.41) is 8.90. The molecule has 1 saturated heterocycles. The molecule has 0 aliphatic carbocycles. The molecule has 0 bridgehead atoms. The number of benzene rings is 2. The predicted molar refractivity (Wildman–Crippen MR) is 108 cm³/mol. The molecule has 2 aromatic carbocycles. The number of anilines is 2. The number of hydrogen-bond donors (Lipinski definition) is 0. The molecule has 2 aromatic rings. The highest BCUT2D eigenvalue weighted by atomic mass is 31.2. The molecule has 1 aliphatic heterocycles. The Balaban J connectivity index is 1.66. The lowest BCUT2D eigenvalue weighted by molar-refractivity contribution is 0.256. The molecule has 0 N–H and O–H groups in total. The fourth-order valence-corrected chi connectivity index (χ4v) is 4.14. The van der Waals surface area contributed by atoms with E-state index in [0.29, 0.717) is 31.2 Å². The van der Waals surface area contributed by atoms with E-state index in [1.165, 1.54) is 14.2 Å². The van der Waals surface area contributed by atoms with E-state index in [4.69, 9.17) is 14.3 Å². The van der Waals surface area contributed by atoms with E-state index >= 15 is 0 Å². The Morgan fingerprint density at radius 2 is 1.46 bits per heavy atom. The molecule has 1 fully saturated rings. The van der Waals surface area contributed by atoms with E-state index in [9.17, 15) is 9.36 Å². The maximum Gasteiger partial charge on any atom is 0.330 e. The quantitative estimate of drug-likeness (QED) is 0.657. The molecule has 1 aliphatic rings. The molecule has 2 amide bonds. The largest absolute Gasteiger partial charge is 0.330 e. The van der Waals surface area contributed by atoms with Gasteiger partial charge in [0.1, 0.15) is 0 Å². The van der Waals surface area contributed by atoms with Gasteiger partial charge < -0.3 is 9.05 Å². The van der Waals surface area contributed by atoms with Crippen LogP contribution in [0.2, 0.25) is 0 Å². The normalized spacial score (nSPS) is 14.4. The van der Waals surface area contributed by atoms with Gasteiger partial charge in [0, 0.05) is 38.7 Å². The Morgan fingerprint density at radius 1 is 0.964 bits per heavy atom. The van der Waals surface area contributed by atoms with Gasteiger partial charge in [-0.15, -0.1) is 0 Å². The van der Waals surface area contributed by atoms with Gasteiger partial charge in [-0.2, -0.15) is 5.26 Å². The van der Waals surface area contributed by atoms with E-state index in [-0.39, 0.29) is 6.03 Å². The fourth-order valence-electron chi connectivity index (χ4n) is 3.10. The van der Waals surface area contributed by atoms with Crippen LogP contribution < -0.4 is 9.80 Å². The first-order valence-electron chi connectivity index (χ1n) is 8.88. The smallest absolute Gasteiger partial charge is 0.312 e. The van der Waals surface area contributed by atoms with Gasteiger partial charge >= 0.3 is 13.6 Å². The van der Waals surface area contributed by atoms with Crippen molar-refractivity contribution in [2.45, 2.75) is 6.42 Å². The van der Waals surface area contributed by atoms with Crippen LogP contribution in [0, 0.1) is 11.3 Å². The van der Waals surface area contributed by atoms with Crippen molar-refractivity contribution in [1.29, 1.82) is 5.26 Å². The van der Waals surface area contributed by atoms with Crippen LogP contribution >= 0.6 is 7.60 Å². The molecule has 0 spiro atoms. The van der Waals surface area contributed by atoms with E-state index in [2.05, 4.69) is 6.07 Å². The van der Waals surface area contributed by atoms with Gasteiger partial charge in [-0.05, 0) is 48.4 Å². The minimum atomic E-state index is -3.03. The second-order valence-corrected chi connectivity index (χ2v) is 8.76. The summed E-state index contributed by atoms with van der Waals surface area (Å²) in [7, 11) is -0.267. The molecule has 0 radical (unpaired) electrons. The lowest BCUT2D eigenvalue weighted by Gasteiger charge is -2.19. The SMILES string of the molecule is COP(=O)(CCc1ccc(N2CCN(c3ccc(C#N)cc3)C2=O)cc1)OC. The Bertz CT molecular complexity index is 914. The van der Waals surface area contributed by atoms with Crippen LogP contribution in [-0.4, -0.2) is 39.5 Å². The van der Waals surface area contributed by atoms with Crippen molar-refractivity contribution < 1.29 is 18.4 Å². The summed E-state index contributed by atoms with van der Waals surface area (Å²) in [5.74, 6) is 0. The van der Waals surface area contributed by atoms with Gasteiger partial charge in [-0.25, -0.2) is 4.79 Å². The Morgan fingerprint density at radius 3 is 1.93 bits per heavy atom. The minimum Gasteiger partial charge on any atom is -0.312 e. The molecule has 3 rings (SSSR count).